The first-order valence-corrected chi connectivity index (χ1v) is 6.11. The van der Waals surface area contributed by atoms with Gasteiger partial charge in [-0.05, 0) is 38.0 Å². The minimum Gasteiger partial charge on any atom is -0.497 e. The molecule has 0 heterocycles. The molecule has 2 nitrogen and oxygen atoms in total. The molecule has 0 aliphatic carbocycles. The fourth-order valence-corrected chi connectivity index (χ4v) is 1.85. The lowest BCUT2D eigenvalue weighted by Crippen LogP contribution is -2.23. The Balaban J connectivity index is 2.86. The third kappa shape index (κ3) is 3.44. The van der Waals surface area contributed by atoms with E-state index in [1.807, 2.05) is 0 Å². The monoisotopic (exact) mass is 221 g/mol. The van der Waals surface area contributed by atoms with Crippen molar-refractivity contribution in [1.82, 2.24) is 0 Å². The maximum atomic E-state index is 5.31. The predicted octanol–water partition coefficient (Wildman–Crippen LogP) is 3.63. The summed E-state index contributed by atoms with van der Waals surface area (Å²) >= 11 is 0. The highest BCUT2D eigenvalue weighted by Crippen LogP contribution is 2.23. The van der Waals surface area contributed by atoms with Crippen LogP contribution in [0.25, 0.3) is 0 Å². The molecular weight excluding hydrogens is 198 g/mol. The van der Waals surface area contributed by atoms with E-state index in [-0.39, 0.29) is 0 Å². The smallest absolute Gasteiger partial charge is 0.121 e. The van der Waals surface area contributed by atoms with Gasteiger partial charge in [0.05, 0.1) is 7.11 Å². The SMILES string of the molecule is CCCCN(CC)c1cc(C)cc(OC)c1. The van der Waals surface area contributed by atoms with Gasteiger partial charge in [0.1, 0.15) is 5.75 Å². The Morgan fingerprint density at radius 1 is 1.19 bits per heavy atom. The van der Waals surface area contributed by atoms with Crippen molar-refractivity contribution in [1.29, 1.82) is 0 Å². The Labute approximate surface area is 99.2 Å². The van der Waals surface area contributed by atoms with Crippen LogP contribution in [0.15, 0.2) is 18.2 Å². The molecule has 1 rings (SSSR count). The Hall–Kier alpha value is -1.18. The number of aryl methyl sites for hydroxylation is 1. The molecule has 0 atom stereocenters. The van der Waals surface area contributed by atoms with Gasteiger partial charge < -0.3 is 9.64 Å². The zero-order valence-corrected chi connectivity index (χ0v) is 10.9. The number of anilines is 1. The van der Waals surface area contributed by atoms with Gasteiger partial charge in [-0.1, -0.05) is 13.3 Å². The summed E-state index contributed by atoms with van der Waals surface area (Å²) in [6.45, 7) is 8.71. The first kappa shape index (κ1) is 12.9. The average molecular weight is 221 g/mol. The molecule has 0 aliphatic rings. The van der Waals surface area contributed by atoms with E-state index in [4.69, 9.17) is 4.74 Å². The van der Waals surface area contributed by atoms with Crippen molar-refractivity contribution < 1.29 is 4.74 Å². The fraction of sp³-hybridized carbons (Fsp3) is 0.571. The molecule has 0 spiro atoms. The van der Waals surface area contributed by atoms with Gasteiger partial charge in [-0.25, -0.2) is 0 Å². The number of rotatable bonds is 6. The second-order valence-corrected chi connectivity index (χ2v) is 4.14. The first-order chi connectivity index (χ1) is 7.71. The normalized spacial score (nSPS) is 10.2. The second kappa shape index (κ2) is 6.41. The number of benzene rings is 1. The summed E-state index contributed by atoms with van der Waals surface area (Å²) in [6, 6.07) is 6.41. The first-order valence-electron chi connectivity index (χ1n) is 6.11. The molecule has 0 aliphatic heterocycles. The number of ether oxygens (including phenoxy) is 1. The summed E-state index contributed by atoms with van der Waals surface area (Å²) in [5.74, 6) is 0.949. The summed E-state index contributed by atoms with van der Waals surface area (Å²) in [5, 5.41) is 0. The number of hydrogen-bond acceptors (Lipinski definition) is 2. The molecule has 0 fully saturated rings. The lowest BCUT2D eigenvalue weighted by Gasteiger charge is -2.23. The zero-order valence-electron chi connectivity index (χ0n) is 10.9. The minimum atomic E-state index is 0.949. The largest absolute Gasteiger partial charge is 0.497 e. The van der Waals surface area contributed by atoms with Gasteiger partial charge in [-0.15, -0.1) is 0 Å². The van der Waals surface area contributed by atoms with E-state index in [9.17, 15) is 0 Å². The Morgan fingerprint density at radius 3 is 2.50 bits per heavy atom. The molecule has 0 N–H and O–H groups in total. The summed E-state index contributed by atoms with van der Waals surface area (Å²) in [7, 11) is 1.72. The highest BCUT2D eigenvalue weighted by atomic mass is 16.5. The minimum absolute atomic E-state index is 0.949. The Bertz CT molecular complexity index is 323. The van der Waals surface area contributed by atoms with Gasteiger partial charge in [0.2, 0.25) is 0 Å². The Kier molecular flexibility index (Phi) is 5.17. The number of methoxy groups -OCH3 is 1. The summed E-state index contributed by atoms with van der Waals surface area (Å²) in [6.07, 6.45) is 2.48. The molecule has 90 valence electrons. The van der Waals surface area contributed by atoms with Crippen LogP contribution in [0.2, 0.25) is 0 Å². The average Bonchev–Trinajstić information content (AvgIpc) is 2.29. The van der Waals surface area contributed by atoms with Crippen molar-refractivity contribution in [2.45, 2.75) is 33.6 Å². The van der Waals surface area contributed by atoms with E-state index >= 15 is 0 Å². The van der Waals surface area contributed by atoms with Crippen molar-refractivity contribution in [3.63, 3.8) is 0 Å². The van der Waals surface area contributed by atoms with E-state index < -0.39 is 0 Å². The molecule has 0 radical (unpaired) electrons. The molecule has 1 aromatic rings. The molecule has 16 heavy (non-hydrogen) atoms. The van der Waals surface area contributed by atoms with Gasteiger partial charge in [0, 0.05) is 24.8 Å². The van der Waals surface area contributed by atoms with Crippen LogP contribution in [-0.2, 0) is 0 Å². The van der Waals surface area contributed by atoms with E-state index in [0.717, 1.165) is 18.8 Å². The van der Waals surface area contributed by atoms with Gasteiger partial charge >= 0.3 is 0 Å². The van der Waals surface area contributed by atoms with Gasteiger partial charge in [0.25, 0.3) is 0 Å². The highest BCUT2D eigenvalue weighted by molar-refractivity contribution is 5.53. The van der Waals surface area contributed by atoms with Crippen molar-refractivity contribution in [2.75, 3.05) is 25.1 Å². The van der Waals surface area contributed by atoms with Crippen LogP contribution in [0.4, 0.5) is 5.69 Å². The number of unbranched alkanes of at least 4 members (excludes halogenated alkanes) is 1. The molecule has 0 bridgehead atoms. The van der Waals surface area contributed by atoms with Crippen LogP contribution in [-0.4, -0.2) is 20.2 Å². The van der Waals surface area contributed by atoms with Crippen LogP contribution >= 0.6 is 0 Å². The van der Waals surface area contributed by atoms with Crippen molar-refractivity contribution >= 4 is 5.69 Å². The van der Waals surface area contributed by atoms with Crippen LogP contribution in [0.1, 0.15) is 32.3 Å². The van der Waals surface area contributed by atoms with E-state index in [1.54, 1.807) is 7.11 Å². The molecule has 0 unspecified atom stereocenters. The second-order valence-electron chi connectivity index (χ2n) is 4.14. The van der Waals surface area contributed by atoms with E-state index in [0.29, 0.717) is 0 Å². The standard InChI is InChI=1S/C14H23NO/c1-5-7-8-15(6-2)13-9-12(3)10-14(11-13)16-4/h9-11H,5-8H2,1-4H3. The maximum Gasteiger partial charge on any atom is 0.121 e. The maximum absolute atomic E-state index is 5.31. The quantitative estimate of drug-likeness (QED) is 0.727. The highest BCUT2D eigenvalue weighted by Gasteiger charge is 2.05. The molecular formula is C14H23NO. The molecule has 0 aromatic heterocycles. The zero-order chi connectivity index (χ0) is 12.0. The topological polar surface area (TPSA) is 12.5 Å². The van der Waals surface area contributed by atoms with Gasteiger partial charge in [-0.3, -0.25) is 0 Å². The van der Waals surface area contributed by atoms with Crippen LogP contribution in [0, 0.1) is 6.92 Å². The Morgan fingerprint density at radius 2 is 1.94 bits per heavy atom. The molecule has 1 aromatic carbocycles. The van der Waals surface area contributed by atoms with Crippen LogP contribution < -0.4 is 9.64 Å². The fourth-order valence-electron chi connectivity index (χ4n) is 1.85. The van der Waals surface area contributed by atoms with Crippen molar-refractivity contribution in [3.05, 3.63) is 23.8 Å². The van der Waals surface area contributed by atoms with Crippen molar-refractivity contribution in [2.24, 2.45) is 0 Å². The molecule has 0 amide bonds. The number of hydrogen-bond donors (Lipinski definition) is 0. The van der Waals surface area contributed by atoms with Crippen LogP contribution in [0.3, 0.4) is 0 Å². The van der Waals surface area contributed by atoms with Crippen LogP contribution in [0.5, 0.6) is 5.75 Å². The predicted molar refractivity (Wildman–Crippen MR) is 70.5 cm³/mol. The lowest BCUT2D eigenvalue weighted by atomic mass is 10.2. The molecule has 2 heteroatoms. The number of nitrogens with zero attached hydrogens (tertiary/aromatic N) is 1. The van der Waals surface area contributed by atoms with Crippen molar-refractivity contribution in [3.8, 4) is 5.75 Å². The summed E-state index contributed by atoms with van der Waals surface area (Å²) in [4.78, 5) is 2.40. The van der Waals surface area contributed by atoms with Gasteiger partial charge in [-0.2, -0.15) is 0 Å². The van der Waals surface area contributed by atoms with Gasteiger partial charge in [0.15, 0.2) is 0 Å². The molecule has 0 saturated heterocycles. The summed E-state index contributed by atoms with van der Waals surface area (Å²) < 4.78 is 5.31. The summed E-state index contributed by atoms with van der Waals surface area (Å²) in [5.41, 5.74) is 2.53. The van der Waals surface area contributed by atoms with E-state index in [1.165, 1.54) is 24.1 Å². The third-order valence-electron chi connectivity index (χ3n) is 2.80. The lowest BCUT2D eigenvalue weighted by molar-refractivity contribution is 0.414. The third-order valence-corrected chi connectivity index (χ3v) is 2.80. The molecule has 0 saturated carbocycles. The van der Waals surface area contributed by atoms with E-state index in [2.05, 4.69) is 43.9 Å².